The van der Waals surface area contributed by atoms with Gasteiger partial charge in [0.05, 0.1) is 12.0 Å². The summed E-state index contributed by atoms with van der Waals surface area (Å²) in [5, 5.41) is 21.7. The average Bonchev–Trinajstić information content (AvgIpc) is 2.94. The number of aliphatic hydroxyl groups excluding tert-OH is 1. The van der Waals surface area contributed by atoms with Crippen molar-refractivity contribution < 1.29 is 19.8 Å². The first-order valence-corrected chi connectivity index (χ1v) is 13.5. The molecule has 2 N–H and O–H groups in total. The fourth-order valence-electron chi connectivity index (χ4n) is 9.32. The normalized spacial score (nSPS) is 41.9. The molecule has 0 bridgehead atoms. The van der Waals surface area contributed by atoms with E-state index < -0.39 is 18.0 Å². The van der Waals surface area contributed by atoms with Crippen molar-refractivity contribution in [2.75, 3.05) is 0 Å². The van der Waals surface area contributed by atoms with Gasteiger partial charge in [-0.2, -0.15) is 0 Å². The number of allylic oxidation sites excluding steroid dienone is 4. The molecule has 4 nitrogen and oxygen atoms in total. The summed E-state index contributed by atoms with van der Waals surface area (Å²) < 4.78 is 0. The number of carboxylic acid groups (broad SMARTS) is 1. The van der Waals surface area contributed by atoms with E-state index in [9.17, 15) is 19.8 Å². The van der Waals surface area contributed by atoms with Crippen molar-refractivity contribution in [2.45, 2.75) is 112 Å². The van der Waals surface area contributed by atoms with Crippen molar-refractivity contribution in [3.8, 4) is 0 Å². The van der Waals surface area contributed by atoms with Crippen molar-refractivity contribution in [2.24, 2.45) is 39.4 Å². The number of hydrogen-bond donors (Lipinski definition) is 2. The molecule has 190 valence electrons. The van der Waals surface area contributed by atoms with Crippen LogP contribution >= 0.6 is 0 Å². The largest absolute Gasteiger partial charge is 0.481 e. The summed E-state index contributed by atoms with van der Waals surface area (Å²) in [7, 11) is 0. The molecule has 0 saturated heterocycles. The predicted octanol–water partition coefficient (Wildman–Crippen LogP) is 6.72. The van der Waals surface area contributed by atoms with Crippen LogP contribution in [0.3, 0.4) is 0 Å². The van der Waals surface area contributed by atoms with E-state index in [4.69, 9.17) is 0 Å². The minimum atomic E-state index is -0.764. The van der Waals surface area contributed by atoms with E-state index in [0.29, 0.717) is 31.0 Å². The highest BCUT2D eigenvalue weighted by Gasteiger charge is 2.66. The van der Waals surface area contributed by atoms with E-state index in [1.165, 1.54) is 11.1 Å². The number of aliphatic hydroxyl groups is 1. The first-order valence-electron chi connectivity index (χ1n) is 13.5. The molecule has 4 rings (SSSR count). The Morgan fingerprint density at radius 2 is 1.74 bits per heavy atom. The van der Waals surface area contributed by atoms with Crippen LogP contribution in [-0.2, 0) is 9.59 Å². The standard InChI is InChI=1S/C30H46O4/c1-18(2)9-8-10-19(26(33)34)25-22(31)17-30(7)21-11-12-23-27(3,4)24(32)14-15-28(23,5)20(21)13-16-29(25,30)6/h9,19,22-23,25,31H,8,10-17H2,1-7H3,(H,33,34)/t19-,22+,23-,25-,28+,29+,30-/m0/s1. The van der Waals surface area contributed by atoms with Gasteiger partial charge in [-0.1, -0.05) is 57.4 Å². The number of carboxylic acids is 1. The van der Waals surface area contributed by atoms with E-state index in [2.05, 4.69) is 40.7 Å². The van der Waals surface area contributed by atoms with Gasteiger partial charge in [0.15, 0.2) is 0 Å². The SMILES string of the molecule is CC(C)=CCC[C@H](C(=O)O)[C@H]1[C@H](O)C[C@@]2(C)C3=C(CC[C@]12C)[C@@]1(C)CCC(=O)C(C)(C)[C@@H]1CC3. The van der Waals surface area contributed by atoms with Crippen LogP contribution in [-0.4, -0.2) is 28.1 Å². The Hall–Kier alpha value is -1.42. The summed E-state index contributed by atoms with van der Waals surface area (Å²) in [6.07, 6.45) is 8.98. The minimum Gasteiger partial charge on any atom is -0.481 e. The smallest absolute Gasteiger partial charge is 0.306 e. The second-order valence-corrected chi connectivity index (χ2v) is 13.5. The van der Waals surface area contributed by atoms with Crippen LogP contribution in [0, 0.1) is 39.4 Å². The van der Waals surface area contributed by atoms with Crippen LogP contribution in [0.4, 0.5) is 0 Å². The Kier molecular flexibility index (Phi) is 6.28. The molecule has 0 aliphatic heterocycles. The fraction of sp³-hybridized carbons (Fsp3) is 0.800. The molecule has 4 aliphatic rings. The highest BCUT2D eigenvalue weighted by atomic mass is 16.4. The molecule has 4 heteroatoms. The lowest BCUT2D eigenvalue weighted by Crippen LogP contribution is -2.54. The van der Waals surface area contributed by atoms with Gasteiger partial charge in [0.1, 0.15) is 5.78 Å². The predicted molar refractivity (Wildman–Crippen MR) is 135 cm³/mol. The van der Waals surface area contributed by atoms with Gasteiger partial charge in [-0.05, 0) is 87.4 Å². The van der Waals surface area contributed by atoms with Crippen molar-refractivity contribution in [1.82, 2.24) is 0 Å². The van der Waals surface area contributed by atoms with Gasteiger partial charge in [0.25, 0.3) is 0 Å². The van der Waals surface area contributed by atoms with Crippen LogP contribution in [0.5, 0.6) is 0 Å². The molecule has 0 aromatic rings. The monoisotopic (exact) mass is 470 g/mol. The first kappa shape index (κ1) is 25.7. The number of carbonyl (C=O) groups is 2. The van der Waals surface area contributed by atoms with Crippen LogP contribution < -0.4 is 0 Å². The highest BCUT2D eigenvalue weighted by molar-refractivity contribution is 5.85. The number of fused-ring (bicyclic) bond motifs is 4. The van der Waals surface area contributed by atoms with Gasteiger partial charge in [-0.25, -0.2) is 0 Å². The van der Waals surface area contributed by atoms with Crippen molar-refractivity contribution in [3.05, 3.63) is 22.8 Å². The van der Waals surface area contributed by atoms with E-state index in [1.807, 2.05) is 13.8 Å². The maximum Gasteiger partial charge on any atom is 0.306 e. The topological polar surface area (TPSA) is 74.6 Å². The Morgan fingerprint density at radius 1 is 1.06 bits per heavy atom. The molecule has 2 fully saturated rings. The first-order chi connectivity index (χ1) is 15.7. The Morgan fingerprint density at radius 3 is 2.35 bits per heavy atom. The van der Waals surface area contributed by atoms with E-state index in [0.717, 1.165) is 38.5 Å². The molecule has 7 atom stereocenters. The molecule has 34 heavy (non-hydrogen) atoms. The Labute approximate surface area is 206 Å². The lowest BCUT2D eigenvalue weighted by molar-refractivity contribution is -0.149. The summed E-state index contributed by atoms with van der Waals surface area (Å²) in [5.41, 5.74) is 3.59. The van der Waals surface area contributed by atoms with Gasteiger partial charge in [0.2, 0.25) is 0 Å². The van der Waals surface area contributed by atoms with Gasteiger partial charge < -0.3 is 10.2 Å². The zero-order valence-corrected chi connectivity index (χ0v) is 22.5. The van der Waals surface area contributed by atoms with E-state index in [1.54, 1.807) is 5.57 Å². The molecule has 2 saturated carbocycles. The molecular formula is C30H46O4. The molecule has 4 aliphatic carbocycles. The van der Waals surface area contributed by atoms with Gasteiger partial charge in [-0.3, -0.25) is 9.59 Å². The van der Waals surface area contributed by atoms with Crippen LogP contribution in [0.1, 0.15) is 106 Å². The number of aliphatic carboxylic acids is 1. The van der Waals surface area contributed by atoms with Crippen LogP contribution in [0.2, 0.25) is 0 Å². The van der Waals surface area contributed by atoms with Gasteiger partial charge in [0, 0.05) is 17.8 Å². The van der Waals surface area contributed by atoms with Gasteiger partial charge in [-0.15, -0.1) is 0 Å². The Balaban J connectivity index is 1.74. The number of ketones is 1. The molecular weight excluding hydrogens is 424 g/mol. The van der Waals surface area contributed by atoms with Crippen LogP contribution in [0.15, 0.2) is 22.8 Å². The molecule has 0 amide bonds. The zero-order valence-electron chi connectivity index (χ0n) is 22.5. The fourth-order valence-corrected chi connectivity index (χ4v) is 9.32. The summed E-state index contributed by atoms with van der Waals surface area (Å²) in [5.74, 6) is -0.754. The Bertz CT molecular complexity index is 937. The zero-order chi connectivity index (χ0) is 25.3. The maximum atomic E-state index is 12.8. The number of carbonyl (C=O) groups excluding carboxylic acids is 1. The minimum absolute atomic E-state index is 0.0357. The van der Waals surface area contributed by atoms with E-state index in [-0.39, 0.29) is 27.6 Å². The highest BCUT2D eigenvalue weighted by Crippen LogP contribution is 2.72. The molecule has 0 aromatic carbocycles. The average molecular weight is 471 g/mol. The molecule has 0 spiro atoms. The lowest BCUT2D eigenvalue weighted by Gasteiger charge is -2.60. The van der Waals surface area contributed by atoms with Crippen LogP contribution in [0.25, 0.3) is 0 Å². The molecule has 0 heterocycles. The summed E-state index contributed by atoms with van der Waals surface area (Å²) in [6, 6.07) is 0. The van der Waals surface area contributed by atoms with Gasteiger partial charge >= 0.3 is 5.97 Å². The summed E-state index contributed by atoms with van der Waals surface area (Å²) >= 11 is 0. The lowest BCUT2D eigenvalue weighted by atomic mass is 9.43. The number of rotatable bonds is 5. The summed E-state index contributed by atoms with van der Waals surface area (Å²) in [6.45, 7) is 15.4. The van der Waals surface area contributed by atoms with Crippen molar-refractivity contribution in [1.29, 1.82) is 0 Å². The maximum absolute atomic E-state index is 12.8. The molecule has 0 aromatic heterocycles. The number of hydrogen-bond acceptors (Lipinski definition) is 3. The van der Waals surface area contributed by atoms with Crippen molar-refractivity contribution >= 4 is 11.8 Å². The number of Topliss-reactive ketones (excluding diaryl/α,β-unsaturated/α-hetero) is 1. The van der Waals surface area contributed by atoms with E-state index >= 15 is 0 Å². The third-order valence-corrected chi connectivity index (χ3v) is 11.3. The summed E-state index contributed by atoms with van der Waals surface area (Å²) in [4.78, 5) is 25.3. The second-order valence-electron chi connectivity index (χ2n) is 13.5. The second kappa shape index (κ2) is 8.32. The third-order valence-electron chi connectivity index (χ3n) is 11.3. The third kappa shape index (κ3) is 3.49. The molecule has 0 unspecified atom stereocenters. The quantitative estimate of drug-likeness (QED) is 0.437. The molecule has 0 radical (unpaired) electrons. The van der Waals surface area contributed by atoms with Crippen molar-refractivity contribution in [3.63, 3.8) is 0 Å².